The van der Waals surface area contributed by atoms with Gasteiger partial charge in [0.15, 0.2) is 11.5 Å². The van der Waals surface area contributed by atoms with Crippen LogP contribution in [-0.4, -0.2) is 24.5 Å². The largest absolute Gasteiger partial charge is 0.490 e. The van der Waals surface area contributed by atoms with Gasteiger partial charge in [-0.15, -0.1) is 0 Å². The summed E-state index contributed by atoms with van der Waals surface area (Å²) in [7, 11) is 0. The Morgan fingerprint density at radius 3 is 2.29 bits per heavy atom. The first-order chi connectivity index (χ1) is 9.87. The molecular weight excluding hydrogens is 285 g/mol. The lowest BCUT2D eigenvalue weighted by molar-refractivity contribution is -0.136. The molecule has 0 aliphatic carbocycles. The van der Waals surface area contributed by atoms with Crippen LogP contribution in [-0.2, 0) is 0 Å². The standard InChI is InChI=1S/C15H21F3O3/c1-3-20-13-8-7-11(10-14(13)21-4-2)12(19)6-5-9-15(16,17)18/h7-8,10,12,19H,3-6,9H2,1-2H3. The van der Waals surface area contributed by atoms with Crippen molar-refractivity contribution in [2.24, 2.45) is 0 Å². The second-order valence-electron chi connectivity index (χ2n) is 4.60. The molecule has 0 saturated carbocycles. The molecule has 1 rings (SSSR count). The summed E-state index contributed by atoms with van der Waals surface area (Å²) in [5, 5.41) is 9.97. The minimum atomic E-state index is -4.19. The van der Waals surface area contributed by atoms with Crippen molar-refractivity contribution in [3.63, 3.8) is 0 Å². The maximum Gasteiger partial charge on any atom is 0.389 e. The second-order valence-corrected chi connectivity index (χ2v) is 4.60. The van der Waals surface area contributed by atoms with Gasteiger partial charge in [-0.05, 0) is 44.4 Å². The molecule has 0 aliphatic heterocycles. The van der Waals surface area contributed by atoms with Crippen molar-refractivity contribution in [1.82, 2.24) is 0 Å². The Bertz CT molecular complexity index is 433. The van der Waals surface area contributed by atoms with Gasteiger partial charge in [0, 0.05) is 6.42 Å². The summed E-state index contributed by atoms with van der Waals surface area (Å²) in [6.07, 6.45) is -6.07. The SMILES string of the molecule is CCOc1ccc(C(O)CCCC(F)(F)F)cc1OCC. The minimum absolute atomic E-state index is 0.0546. The van der Waals surface area contributed by atoms with E-state index in [1.807, 2.05) is 13.8 Å². The topological polar surface area (TPSA) is 38.7 Å². The molecule has 21 heavy (non-hydrogen) atoms. The molecular formula is C15H21F3O3. The maximum atomic E-state index is 12.1. The summed E-state index contributed by atoms with van der Waals surface area (Å²) in [5.74, 6) is 1.05. The summed E-state index contributed by atoms with van der Waals surface area (Å²) in [6, 6.07) is 4.93. The fraction of sp³-hybridized carbons (Fsp3) is 0.600. The highest BCUT2D eigenvalue weighted by molar-refractivity contribution is 5.43. The van der Waals surface area contributed by atoms with Gasteiger partial charge in [0.1, 0.15) is 0 Å². The lowest BCUT2D eigenvalue weighted by Gasteiger charge is -2.16. The lowest BCUT2D eigenvalue weighted by atomic mass is 10.0. The molecule has 1 atom stereocenters. The van der Waals surface area contributed by atoms with Crippen molar-refractivity contribution in [1.29, 1.82) is 0 Å². The zero-order valence-corrected chi connectivity index (χ0v) is 12.2. The summed E-state index contributed by atoms with van der Waals surface area (Å²) < 4.78 is 47.1. The van der Waals surface area contributed by atoms with Gasteiger partial charge >= 0.3 is 6.18 Å². The van der Waals surface area contributed by atoms with E-state index in [-0.39, 0.29) is 12.8 Å². The van der Waals surface area contributed by atoms with E-state index in [1.165, 1.54) is 0 Å². The van der Waals surface area contributed by atoms with Crippen LogP contribution in [0.2, 0.25) is 0 Å². The molecule has 0 amide bonds. The van der Waals surface area contributed by atoms with E-state index in [1.54, 1.807) is 18.2 Å². The number of hydrogen-bond acceptors (Lipinski definition) is 3. The van der Waals surface area contributed by atoms with Crippen LogP contribution in [0.4, 0.5) is 13.2 Å². The monoisotopic (exact) mass is 306 g/mol. The van der Waals surface area contributed by atoms with E-state index in [4.69, 9.17) is 9.47 Å². The van der Waals surface area contributed by atoms with Gasteiger partial charge in [0.2, 0.25) is 0 Å². The van der Waals surface area contributed by atoms with Crippen molar-refractivity contribution in [3.05, 3.63) is 23.8 Å². The number of aliphatic hydroxyl groups excluding tert-OH is 1. The third-order valence-corrected chi connectivity index (χ3v) is 2.89. The number of alkyl halides is 3. The van der Waals surface area contributed by atoms with Crippen molar-refractivity contribution in [2.45, 2.75) is 45.4 Å². The molecule has 1 aromatic rings. The average molecular weight is 306 g/mol. The summed E-state index contributed by atoms with van der Waals surface area (Å²) in [6.45, 7) is 4.58. The smallest absolute Gasteiger partial charge is 0.389 e. The predicted molar refractivity (Wildman–Crippen MR) is 73.6 cm³/mol. The molecule has 0 radical (unpaired) electrons. The summed E-state index contributed by atoms with van der Waals surface area (Å²) >= 11 is 0. The first-order valence-electron chi connectivity index (χ1n) is 7.01. The van der Waals surface area contributed by atoms with Crippen LogP contribution >= 0.6 is 0 Å². The van der Waals surface area contributed by atoms with Gasteiger partial charge in [-0.1, -0.05) is 6.07 Å². The highest BCUT2D eigenvalue weighted by Crippen LogP contribution is 2.33. The Balaban J connectivity index is 2.71. The molecule has 0 bridgehead atoms. The van der Waals surface area contributed by atoms with Crippen molar-refractivity contribution in [2.75, 3.05) is 13.2 Å². The number of aliphatic hydroxyl groups is 1. The third-order valence-electron chi connectivity index (χ3n) is 2.89. The predicted octanol–water partition coefficient (Wildman–Crippen LogP) is 4.25. The summed E-state index contributed by atoms with van der Waals surface area (Å²) in [4.78, 5) is 0. The van der Waals surface area contributed by atoms with E-state index < -0.39 is 18.7 Å². The van der Waals surface area contributed by atoms with E-state index in [0.717, 1.165) is 0 Å². The first-order valence-corrected chi connectivity index (χ1v) is 7.01. The Labute approximate surface area is 122 Å². The molecule has 0 aliphatic rings. The molecule has 0 spiro atoms. The van der Waals surface area contributed by atoms with Crippen LogP contribution in [0.3, 0.4) is 0 Å². The fourth-order valence-corrected chi connectivity index (χ4v) is 1.94. The molecule has 6 heteroatoms. The zero-order chi connectivity index (χ0) is 15.9. The highest BCUT2D eigenvalue weighted by Gasteiger charge is 2.26. The van der Waals surface area contributed by atoms with Crippen molar-refractivity contribution >= 4 is 0 Å². The molecule has 3 nitrogen and oxygen atoms in total. The Kier molecular flexibility index (Phi) is 6.81. The van der Waals surface area contributed by atoms with E-state index in [0.29, 0.717) is 30.3 Å². The Morgan fingerprint density at radius 2 is 1.71 bits per heavy atom. The maximum absolute atomic E-state index is 12.1. The molecule has 0 heterocycles. The van der Waals surface area contributed by atoms with Crippen LogP contribution in [0.25, 0.3) is 0 Å². The first kappa shape index (κ1) is 17.6. The summed E-state index contributed by atoms with van der Waals surface area (Å²) in [5.41, 5.74) is 0.532. The van der Waals surface area contributed by atoms with Gasteiger partial charge < -0.3 is 14.6 Å². The van der Waals surface area contributed by atoms with Gasteiger partial charge in [-0.25, -0.2) is 0 Å². The minimum Gasteiger partial charge on any atom is -0.490 e. The third kappa shape index (κ3) is 6.25. The molecule has 1 N–H and O–H groups in total. The average Bonchev–Trinajstić information content (AvgIpc) is 2.39. The van der Waals surface area contributed by atoms with Crippen LogP contribution in [0.1, 0.15) is 44.8 Å². The number of hydrogen-bond donors (Lipinski definition) is 1. The van der Waals surface area contributed by atoms with E-state index in [2.05, 4.69) is 0 Å². The van der Waals surface area contributed by atoms with Crippen LogP contribution in [0.15, 0.2) is 18.2 Å². The quantitative estimate of drug-likeness (QED) is 0.780. The van der Waals surface area contributed by atoms with Crippen molar-refractivity contribution < 1.29 is 27.8 Å². The van der Waals surface area contributed by atoms with Gasteiger partial charge in [0.05, 0.1) is 19.3 Å². The molecule has 1 aromatic carbocycles. The second kappa shape index (κ2) is 8.12. The number of rotatable bonds is 8. The molecule has 0 saturated heterocycles. The fourth-order valence-electron chi connectivity index (χ4n) is 1.94. The van der Waals surface area contributed by atoms with E-state index in [9.17, 15) is 18.3 Å². The normalized spacial score (nSPS) is 13.0. The molecule has 120 valence electrons. The van der Waals surface area contributed by atoms with Gasteiger partial charge in [0.25, 0.3) is 0 Å². The number of benzene rings is 1. The van der Waals surface area contributed by atoms with Gasteiger partial charge in [-0.3, -0.25) is 0 Å². The molecule has 1 unspecified atom stereocenters. The Hall–Kier alpha value is -1.43. The number of ether oxygens (including phenoxy) is 2. The van der Waals surface area contributed by atoms with Crippen LogP contribution < -0.4 is 9.47 Å². The van der Waals surface area contributed by atoms with Crippen molar-refractivity contribution in [3.8, 4) is 11.5 Å². The number of halogens is 3. The molecule has 0 aromatic heterocycles. The molecule has 0 fully saturated rings. The van der Waals surface area contributed by atoms with Crippen LogP contribution in [0, 0.1) is 0 Å². The Morgan fingerprint density at radius 1 is 1.10 bits per heavy atom. The zero-order valence-electron chi connectivity index (χ0n) is 12.2. The van der Waals surface area contributed by atoms with Crippen LogP contribution in [0.5, 0.6) is 11.5 Å². The lowest BCUT2D eigenvalue weighted by Crippen LogP contribution is -2.08. The van der Waals surface area contributed by atoms with E-state index >= 15 is 0 Å². The van der Waals surface area contributed by atoms with Gasteiger partial charge in [-0.2, -0.15) is 13.2 Å². The highest BCUT2D eigenvalue weighted by atomic mass is 19.4.